The standard InChI is InChI=1S/C22H16F8N2O2S/c23-15-3-5-16(6-4-15)35(33,34)19-9-10-32(12-31)18(19)8-1-13-11-14(2-7-17(13)19)20(24,21(25,26)27)22(28,29)30/h2-7,11,18H,1,8-10H2/t18-,19-/m1/s1. The lowest BCUT2D eigenvalue weighted by Crippen LogP contribution is -2.51. The lowest BCUT2D eigenvalue weighted by molar-refractivity contribution is -0.348. The van der Waals surface area contributed by atoms with Gasteiger partial charge in [-0.1, -0.05) is 18.2 Å². The summed E-state index contributed by atoms with van der Waals surface area (Å²) in [5.74, 6) is -0.727. The molecule has 1 fully saturated rings. The van der Waals surface area contributed by atoms with Gasteiger partial charge in [-0.2, -0.15) is 31.6 Å². The van der Waals surface area contributed by atoms with E-state index in [-0.39, 0.29) is 41.8 Å². The van der Waals surface area contributed by atoms with Crippen molar-refractivity contribution in [2.45, 2.75) is 53.0 Å². The number of nitriles is 1. The minimum Gasteiger partial charge on any atom is -0.306 e. The zero-order valence-corrected chi connectivity index (χ0v) is 18.4. The molecule has 13 heteroatoms. The second-order valence-corrected chi connectivity index (χ2v) is 10.7. The van der Waals surface area contributed by atoms with Crippen molar-refractivity contribution in [3.63, 3.8) is 0 Å². The molecule has 2 atom stereocenters. The molecule has 0 radical (unpaired) electrons. The Labute approximate surface area is 194 Å². The summed E-state index contributed by atoms with van der Waals surface area (Å²) >= 11 is 0. The third-order valence-corrected chi connectivity index (χ3v) is 9.35. The van der Waals surface area contributed by atoms with Crippen molar-refractivity contribution in [3.05, 3.63) is 65.0 Å². The van der Waals surface area contributed by atoms with E-state index in [1.54, 1.807) is 0 Å². The van der Waals surface area contributed by atoms with Gasteiger partial charge in [0.1, 0.15) is 10.6 Å². The molecule has 1 heterocycles. The Bertz CT molecular complexity index is 1280. The van der Waals surface area contributed by atoms with Crippen molar-refractivity contribution in [1.29, 1.82) is 5.26 Å². The predicted molar refractivity (Wildman–Crippen MR) is 106 cm³/mol. The molecule has 1 aliphatic carbocycles. The third-order valence-electron chi connectivity index (χ3n) is 6.80. The van der Waals surface area contributed by atoms with Gasteiger partial charge in [0.25, 0.3) is 0 Å². The summed E-state index contributed by atoms with van der Waals surface area (Å²) in [6.07, 6.45) is -11.2. The number of sulfone groups is 1. The topological polar surface area (TPSA) is 61.2 Å². The molecule has 4 rings (SSSR count). The molecule has 0 aromatic heterocycles. The Hall–Kier alpha value is -2.88. The van der Waals surface area contributed by atoms with E-state index >= 15 is 0 Å². The maximum Gasteiger partial charge on any atom is 0.435 e. The molecule has 2 aromatic carbocycles. The number of nitrogens with zero attached hydrogens (tertiary/aromatic N) is 2. The number of fused-ring (bicyclic) bond motifs is 3. The Morgan fingerprint density at radius 1 is 0.971 bits per heavy atom. The van der Waals surface area contributed by atoms with Crippen LogP contribution in [-0.4, -0.2) is 38.3 Å². The maximum absolute atomic E-state index is 14.7. The highest BCUT2D eigenvalue weighted by molar-refractivity contribution is 7.92. The molecular weight excluding hydrogens is 508 g/mol. The van der Waals surface area contributed by atoms with Crippen molar-refractivity contribution in [2.24, 2.45) is 0 Å². The largest absolute Gasteiger partial charge is 0.435 e. The zero-order chi connectivity index (χ0) is 26.0. The lowest BCUT2D eigenvalue weighted by Gasteiger charge is -2.42. The van der Waals surface area contributed by atoms with Crippen LogP contribution in [0.25, 0.3) is 0 Å². The smallest absolute Gasteiger partial charge is 0.306 e. The first-order valence-corrected chi connectivity index (χ1v) is 11.7. The van der Waals surface area contributed by atoms with Gasteiger partial charge in [-0.3, -0.25) is 0 Å². The molecule has 0 unspecified atom stereocenters. The van der Waals surface area contributed by atoms with Crippen LogP contribution in [0.15, 0.2) is 47.4 Å². The summed E-state index contributed by atoms with van der Waals surface area (Å²) in [6.45, 7) is -0.0407. The fraction of sp³-hybridized carbons (Fsp3) is 0.409. The summed E-state index contributed by atoms with van der Waals surface area (Å²) < 4.78 is 134. The van der Waals surface area contributed by atoms with Crippen molar-refractivity contribution in [3.8, 4) is 6.19 Å². The SMILES string of the molecule is N#CN1CC[C@@]2(S(=O)(=O)c3ccc(F)cc3)c3ccc(C(F)(C(F)(F)F)C(F)(F)F)cc3CC[C@@H]12. The van der Waals surface area contributed by atoms with Crippen LogP contribution in [0.5, 0.6) is 0 Å². The summed E-state index contributed by atoms with van der Waals surface area (Å²) in [6, 6.07) is 4.27. The van der Waals surface area contributed by atoms with E-state index < -0.39 is 50.0 Å². The van der Waals surface area contributed by atoms with E-state index in [0.29, 0.717) is 12.1 Å². The van der Waals surface area contributed by atoms with E-state index in [9.17, 15) is 48.8 Å². The van der Waals surface area contributed by atoms with E-state index in [4.69, 9.17) is 0 Å². The Balaban J connectivity index is 1.96. The normalized spacial score (nSPS) is 22.9. The monoisotopic (exact) mass is 524 g/mol. The molecule has 35 heavy (non-hydrogen) atoms. The third kappa shape index (κ3) is 3.40. The van der Waals surface area contributed by atoms with Crippen LogP contribution in [0, 0.1) is 17.3 Å². The van der Waals surface area contributed by atoms with Crippen molar-refractivity contribution < 1.29 is 43.5 Å². The van der Waals surface area contributed by atoms with Gasteiger partial charge in [0.05, 0.1) is 10.9 Å². The van der Waals surface area contributed by atoms with Crippen molar-refractivity contribution in [2.75, 3.05) is 6.54 Å². The molecule has 0 saturated carbocycles. The first kappa shape index (κ1) is 25.2. The van der Waals surface area contributed by atoms with Gasteiger partial charge in [-0.15, -0.1) is 0 Å². The molecule has 4 nitrogen and oxygen atoms in total. The molecule has 188 valence electrons. The first-order chi connectivity index (χ1) is 16.1. The number of halogens is 8. The highest BCUT2D eigenvalue weighted by Crippen LogP contribution is 2.56. The summed E-state index contributed by atoms with van der Waals surface area (Å²) in [7, 11) is -4.44. The number of rotatable bonds is 3. The predicted octanol–water partition coefficient (Wildman–Crippen LogP) is 5.29. The number of likely N-dealkylation sites (tertiary alicyclic amines) is 1. The Morgan fingerprint density at radius 3 is 2.11 bits per heavy atom. The van der Waals surface area contributed by atoms with E-state index in [0.717, 1.165) is 30.3 Å². The lowest BCUT2D eigenvalue weighted by atomic mass is 9.77. The molecule has 2 aliphatic rings. The minimum atomic E-state index is -6.32. The van der Waals surface area contributed by atoms with Crippen LogP contribution in [0.2, 0.25) is 0 Å². The highest BCUT2D eigenvalue weighted by Gasteiger charge is 2.73. The molecule has 0 spiro atoms. The number of hydrogen-bond acceptors (Lipinski definition) is 4. The van der Waals surface area contributed by atoms with E-state index in [1.165, 1.54) is 4.90 Å². The average molecular weight is 524 g/mol. The second kappa shape index (κ2) is 7.81. The zero-order valence-electron chi connectivity index (χ0n) is 17.6. The van der Waals surface area contributed by atoms with E-state index in [1.807, 2.05) is 6.19 Å². The van der Waals surface area contributed by atoms with Crippen LogP contribution in [0.4, 0.5) is 35.1 Å². The van der Waals surface area contributed by atoms with Gasteiger partial charge in [0.2, 0.25) is 0 Å². The summed E-state index contributed by atoms with van der Waals surface area (Å²) in [5.41, 5.74) is -7.67. The fourth-order valence-electron chi connectivity index (χ4n) is 5.17. The van der Waals surface area contributed by atoms with Crippen LogP contribution in [0.1, 0.15) is 29.5 Å². The maximum atomic E-state index is 14.7. The fourth-order valence-corrected chi connectivity index (χ4v) is 7.54. The number of alkyl halides is 7. The van der Waals surface area contributed by atoms with Crippen LogP contribution >= 0.6 is 0 Å². The molecule has 1 aliphatic heterocycles. The summed E-state index contributed by atoms with van der Waals surface area (Å²) in [4.78, 5) is 0.869. The van der Waals surface area contributed by atoms with Gasteiger partial charge in [0.15, 0.2) is 16.0 Å². The highest BCUT2D eigenvalue weighted by atomic mass is 32.2. The number of benzene rings is 2. The molecular formula is C22H16F8N2O2S. The number of aryl methyl sites for hydroxylation is 1. The quantitative estimate of drug-likeness (QED) is 0.311. The Kier molecular flexibility index (Phi) is 5.63. The van der Waals surface area contributed by atoms with Crippen molar-refractivity contribution in [1.82, 2.24) is 4.90 Å². The van der Waals surface area contributed by atoms with Gasteiger partial charge < -0.3 is 4.90 Å². The minimum absolute atomic E-state index is 0.0407. The molecule has 2 aromatic rings. The molecule has 1 saturated heterocycles. The second-order valence-electron chi connectivity index (χ2n) is 8.47. The van der Waals surface area contributed by atoms with Crippen LogP contribution in [-0.2, 0) is 26.7 Å². The molecule has 0 N–H and O–H groups in total. The van der Waals surface area contributed by atoms with Gasteiger partial charge in [0, 0.05) is 12.1 Å². The summed E-state index contributed by atoms with van der Waals surface area (Å²) in [5, 5.41) is 9.50. The average Bonchev–Trinajstić information content (AvgIpc) is 3.17. The molecule has 0 amide bonds. The van der Waals surface area contributed by atoms with E-state index in [2.05, 4.69) is 0 Å². The van der Waals surface area contributed by atoms with Crippen LogP contribution < -0.4 is 0 Å². The van der Waals surface area contributed by atoms with Gasteiger partial charge in [-0.25, -0.2) is 17.2 Å². The first-order valence-electron chi connectivity index (χ1n) is 10.2. The number of hydrogen-bond donors (Lipinski definition) is 0. The van der Waals surface area contributed by atoms with Crippen molar-refractivity contribution >= 4 is 9.84 Å². The van der Waals surface area contributed by atoms with Gasteiger partial charge >= 0.3 is 18.0 Å². The van der Waals surface area contributed by atoms with Crippen LogP contribution in [0.3, 0.4) is 0 Å². The van der Waals surface area contributed by atoms with Gasteiger partial charge in [-0.05, 0) is 54.7 Å². The molecule has 0 bridgehead atoms. The Morgan fingerprint density at radius 2 is 1.57 bits per heavy atom.